The highest BCUT2D eigenvalue weighted by Gasteiger charge is 2.27. The molecule has 0 bridgehead atoms. The maximum Gasteiger partial charge on any atom is 0.237 e. The van der Waals surface area contributed by atoms with Crippen molar-refractivity contribution in [3.63, 3.8) is 0 Å². The topological polar surface area (TPSA) is 56.0 Å². The zero-order chi connectivity index (χ0) is 14.7. The predicted molar refractivity (Wildman–Crippen MR) is 82.1 cm³/mol. The van der Waals surface area contributed by atoms with Crippen LogP contribution in [0.2, 0.25) is 0 Å². The number of hydrogen-bond donors (Lipinski definition) is 0. The van der Waals surface area contributed by atoms with Crippen LogP contribution in [0.25, 0.3) is 0 Å². The van der Waals surface area contributed by atoms with Gasteiger partial charge in [-0.25, -0.2) is 0 Å². The Morgan fingerprint density at radius 1 is 1.29 bits per heavy atom. The third-order valence-electron chi connectivity index (χ3n) is 3.84. The molecule has 2 aromatic rings. The number of hydrogen-bond acceptors (Lipinski definition) is 4. The van der Waals surface area contributed by atoms with Gasteiger partial charge in [0.25, 0.3) is 0 Å². The van der Waals surface area contributed by atoms with Crippen LogP contribution in [0.3, 0.4) is 0 Å². The predicted octanol–water partition coefficient (Wildman–Crippen LogP) is 4.04. The molecular formula is C16H17BrN2O2. The van der Waals surface area contributed by atoms with Crippen LogP contribution in [-0.4, -0.2) is 15.9 Å². The summed E-state index contributed by atoms with van der Waals surface area (Å²) in [6.45, 7) is 0. The van der Waals surface area contributed by atoms with Crippen molar-refractivity contribution in [2.45, 2.75) is 44.4 Å². The molecule has 1 fully saturated rings. The van der Waals surface area contributed by atoms with Crippen molar-refractivity contribution in [3.8, 4) is 0 Å². The summed E-state index contributed by atoms with van der Waals surface area (Å²) in [6.07, 6.45) is 5.23. The molecule has 1 aliphatic carbocycles. The summed E-state index contributed by atoms with van der Waals surface area (Å²) in [7, 11) is 0. The molecule has 5 heteroatoms. The quantitative estimate of drug-likeness (QED) is 0.785. The van der Waals surface area contributed by atoms with Gasteiger partial charge in [0.15, 0.2) is 5.82 Å². The lowest BCUT2D eigenvalue weighted by Crippen LogP contribution is -2.10. The summed E-state index contributed by atoms with van der Waals surface area (Å²) < 4.78 is 6.37. The molecule has 3 rings (SSSR count). The van der Waals surface area contributed by atoms with E-state index >= 15 is 0 Å². The van der Waals surface area contributed by atoms with Crippen molar-refractivity contribution < 1.29 is 9.32 Å². The SMILES string of the molecule is O=C1CCCCCC1c1nc(Cc2cccc(Br)c2)no1. The average molecular weight is 349 g/mol. The maximum absolute atomic E-state index is 12.1. The Bertz CT molecular complexity index is 639. The Hall–Kier alpha value is -1.49. The molecule has 4 nitrogen and oxygen atoms in total. The molecule has 0 spiro atoms. The number of carbonyl (C=O) groups excluding carboxylic acids is 1. The van der Waals surface area contributed by atoms with Crippen molar-refractivity contribution >= 4 is 21.7 Å². The zero-order valence-corrected chi connectivity index (χ0v) is 13.3. The van der Waals surface area contributed by atoms with Crippen LogP contribution in [-0.2, 0) is 11.2 Å². The number of carbonyl (C=O) groups is 1. The van der Waals surface area contributed by atoms with Crippen LogP contribution in [0.4, 0.5) is 0 Å². The van der Waals surface area contributed by atoms with Crippen molar-refractivity contribution in [2.75, 3.05) is 0 Å². The van der Waals surface area contributed by atoms with Gasteiger partial charge >= 0.3 is 0 Å². The summed E-state index contributed by atoms with van der Waals surface area (Å²) in [5, 5.41) is 4.03. The summed E-state index contributed by atoms with van der Waals surface area (Å²) in [5.74, 6) is 1.17. The van der Waals surface area contributed by atoms with Gasteiger partial charge in [-0.1, -0.05) is 46.1 Å². The molecule has 110 valence electrons. The first-order valence-corrected chi connectivity index (χ1v) is 8.11. The highest BCUT2D eigenvalue weighted by molar-refractivity contribution is 9.10. The molecule has 0 aliphatic heterocycles. The van der Waals surface area contributed by atoms with Gasteiger partial charge in [0, 0.05) is 17.3 Å². The fourth-order valence-electron chi connectivity index (χ4n) is 2.73. The second-order valence-corrected chi connectivity index (χ2v) is 6.39. The first-order chi connectivity index (χ1) is 10.2. The van der Waals surface area contributed by atoms with E-state index in [1.165, 1.54) is 0 Å². The van der Waals surface area contributed by atoms with Gasteiger partial charge in [-0.05, 0) is 30.5 Å². The van der Waals surface area contributed by atoms with Crippen LogP contribution in [0.5, 0.6) is 0 Å². The second-order valence-electron chi connectivity index (χ2n) is 5.47. The van der Waals surface area contributed by atoms with Crippen LogP contribution < -0.4 is 0 Å². The summed E-state index contributed by atoms with van der Waals surface area (Å²) in [5.41, 5.74) is 1.11. The van der Waals surface area contributed by atoms with Gasteiger partial charge in [-0.3, -0.25) is 4.79 Å². The maximum atomic E-state index is 12.1. The van der Waals surface area contributed by atoms with E-state index < -0.39 is 0 Å². The van der Waals surface area contributed by atoms with Crippen LogP contribution in [0.15, 0.2) is 33.3 Å². The minimum Gasteiger partial charge on any atom is -0.339 e. The van der Waals surface area contributed by atoms with E-state index in [-0.39, 0.29) is 11.7 Å². The monoisotopic (exact) mass is 348 g/mol. The standard InChI is InChI=1S/C16H17BrN2O2/c17-12-6-4-5-11(9-12)10-15-18-16(21-19-15)13-7-2-1-3-8-14(13)20/h4-6,9,13H,1-3,7-8,10H2. The summed E-state index contributed by atoms with van der Waals surface area (Å²) in [4.78, 5) is 16.5. The molecule has 1 saturated carbocycles. The fraction of sp³-hybridized carbons (Fsp3) is 0.438. The molecule has 1 atom stereocenters. The molecular weight excluding hydrogens is 332 g/mol. The smallest absolute Gasteiger partial charge is 0.237 e. The first kappa shape index (κ1) is 14.4. The van der Waals surface area contributed by atoms with E-state index in [9.17, 15) is 4.79 Å². The van der Waals surface area contributed by atoms with Gasteiger partial charge in [-0.15, -0.1) is 0 Å². The lowest BCUT2D eigenvalue weighted by molar-refractivity contribution is -0.120. The average Bonchev–Trinajstić information content (AvgIpc) is 2.80. The fourth-order valence-corrected chi connectivity index (χ4v) is 3.18. The molecule has 1 aromatic carbocycles. The zero-order valence-electron chi connectivity index (χ0n) is 11.7. The molecule has 1 heterocycles. The largest absolute Gasteiger partial charge is 0.339 e. The number of aromatic nitrogens is 2. The molecule has 0 N–H and O–H groups in total. The van der Waals surface area contributed by atoms with E-state index in [0.717, 1.165) is 35.7 Å². The Morgan fingerprint density at radius 3 is 3.05 bits per heavy atom. The molecule has 1 aliphatic rings. The van der Waals surface area contributed by atoms with Crippen molar-refractivity contribution in [2.24, 2.45) is 0 Å². The molecule has 0 amide bonds. The van der Waals surface area contributed by atoms with E-state index in [2.05, 4.69) is 26.1 Å². The summed E-state index contributed by atoms with van der Waals surface area (Å²) >= 11 is 3.45. The van der Waals surface area contributed by atoms with Gasteiger partial charge in [0.2, 0.25) is 5.89 Å². The highest BCUT2D eigenvalue weighted by Crippen LogP contribution is 2.28. The third-order valence-corrected chi connectivity index (χ3v) is 4.33. The highest BCUT2D eigenvalue weighted by atomic mass is 79.9. The van der Waals surface area contributed by atoms with Crippen LogP contribution >= 0.6 is 15.9 Å². The van der Waals surface area contributed by atoms with Gasteiger partial charge in [0.05, 0.1) is 5.92 Å². The van der Waals surface area contributed by atoms with E-state index in [1.807, 2.05) is 24.3 Å². The Labute approximate surface area is 132 Å². The van der Waals surface area contributed by atoms with Gasteiger partial charge in [0.1, 0.15) is 5.78 Å². The number of rotatable bonds is 3. The Kier molecular flexibility index (Phi) is 4.48. The number of nitrogens with zero attached hydrogens (tertiary/aromatic N) is 2. The second kappa shape index (κ2) is 6.52. The van der Waals surface area contributed by atoms with Crippen LogP contribution in [0.1, 0.15) is 55.3 Å². The minimum absolute atomic E-state index is 0.198. The molecule has 1 aromatic heterocycles. The van der Waals surface area contributed by atoms with Crippen LogP contribution in [0, 0.1) is 0 Å². The number of ketones is 1. The molecule has 1 unspecified atom stereocenters. The van der Waals surface area contributed by atoms with Crippen molar-refractivity contribution in [3.05, 3.63) is 46.0 Å². The number of benzene rings is 1. The lowest BCUT2D eigenvalue weighted by atomic mass is 9.99. The molecule has 0 saturated heterocycles. The number of Topliss-reactive ketones (excluding diaryl/α,β-unsaturated/α-hetero) is 1. The minimum atomic E-state index is -0.198. The van der Waals surface area contributed by atoms with E-state index in [0.29, 0.717) is 24.6 Å². The van der Waals surface area contributed by atoms with E-state index in [1.54, 1.807) is 0 Å². The van der Waals surface area contributed by atoms with Gasteiger partial charge < -0.3 is 4.52 Å². The van der Waals surface area contributed by atoms with Crippen molar-refractivity contribution in [1.29, 1.82) is 0 Å². The number of halogens is 1. The Morgan fingerprint density at radius 2 is 2.19 bits per heavy atom. The van der Waals surface area contributed by atoms with Gasteiger partial charge in [-0.2, -0.15) is 4.98 Å². The first-order valence-electron chi connectivity index (χ1n) is 7.32. The van der Waals surface area contributed by atoms with E-state index in [4.69, 9.17) is 4.52 Å². The third kappa shape index (κ3) is 3.59. The molecule has 0 radical (unpaired) electrons. The normalized spacial score (nSPS) is 19.5. The lowest BCUT2D eigenvalue weighted by Gasteiger charge is -2.06. The molecule has 21 heavy (non-hydrogen) atoms. The summed E-state index contributed by atoms with van der Waals surface area (Å²) in [6, 6.07) is 8.02. The van der Waals surface area contributed by atoms with Crippen molar-refractivity contribution in [1.82, 2.24) is 10.1 Å². The Balaban J connectivity index is 1.75.